The predicted molar refractivity (Wildman–Crippen MR) is 111 cm³/mol. The molecule has 0 spiro atoms. The molecule has 0 atom stereocenters. The molecule has 0 N–H and O–H groups in total. The average Bonchev–Trinajstić information content (AvgIpc) is 2.53. The molecule has 2 rings (SSSR count). The van der Waals surface area contributed by atoms with E-state index in [0.29, 0.717) is 7.14 Å². The number of halogens is 2. The van der Waals surface area contributed by atoms with Gasteiger partial charge in [-0.2, -0.15) is 0 Å². The molecule has 0 saturated heterocycles. The van der Waals surface area contributed by atoms with Crippen molar-refractivity contribution in [2.45, 2.75) is 0 Å². The zero-order valence-corrected chi connectivity index (χ0v) is 19.2. The summed E-state index contributed by atoms with van der Waals surface area (Å²) in [5.41, 5.74) is 0. The third kappa shape index (κ3) is 7.84. The van der Waals surface area contributed by atoms with Gasteiger partial charge in [0.2, 0.25) is 0 Å². The van der Waals surface area contributed by atoms with Gasteiger partial charge in [-0.1, -0.05) is 0 Å². The fourth-order valence-electron chi connectivity index (χ4n) is 1.45. The molecule has 11 heteroatoms. The van der Waals surface area contributed by atoms with Crippen molar-refractivity contribution in [1.29, 1.82) is 0 Å². The molecular weight excluding hydrogens is 598 g/mol. The summed E-state index contributed by atoms with van der Waals surface area (Å²) in [6.45, 7) is 0. The van der Waals surface area contributed by atoms with Gasteiger partial charge in [0.1, 0.15) is 0 Å². The van der Waals surface area contributed by atoms with Crippen LogP contribution < -0.4 is 0 Å². The molecule has 0 aliphatic rings. The van der Waals surface area contributed by atoms with Gasteiger partial charge in [-0.25, -0.2) is 0 Å². The van der Waals surface area contributed by atoms with E-state index in [1.807, 2.05) is 0 Å². The fraction of sp³-hybridized carbons (Fsp3) is 0.143. The van der Waals surface area contributed by atoms with Gasteiger partial charge in [0.15, 0.2) is 0 Å². The maximum atomic E-state index is 11.6. The Morgan fingerprint density at radius 1 is 0.640 bits per heavy atom. The van der Waals surface area contributed by atoms with Gasteiger partial charge in [0, 0.05) is 0 Å². The first kappa shape index (κ1) is 21.0. The predicted octanol–water partition coefficient (Wildman–Crippen LogP) is 3.37. The van der Waals surface area contributed by atoms with Crippen LogP contribution in [-0.2, 0) is 26.7 Å². The summed E-state index contributed by atoms with van der Waals surface area (Å²) in [4.78, 5) is 0. The molecule has 0 saturated carbocycles. The molecule has 0 bridgehead atoms. The third-order valence-electron chi connectivity index (χ3n) is 2.27. The zero-order valence-electron chi connectivity index (χ0n) is 13.2. The van der Waals surface area contributed by atoms with E-state index in [1.165, 1.54) is 0 Å². The van der Waals surface area contributed by atoms with Crippen molar-refractivity contribution in [1.82, 2.24) is 0 Å². The molecule has 2 aromatic carbocycles. The van der Waals surface area contributed by atoms with Crippen LogP contribution in [-0.4, -0.2) is 29.3 Å². The van der Waals surface area contributed by atoms with Crippen molar-refractivity contribution < 1.29 is 23.3 Å². The molecule has 0 radical (unpaired) electrons. The Morgan fingerprint density at radius 2 is 0.960 bits per heavy atom. The molecule has 25 heavy (non-hydrogen) atoms. The van der Waals surface area contributed by atoms with Gasteiger partial charge < -0.3 is 0 Å². The molecule has 0 unspecified atom stereocenters. The maximum absolute atomic E-state index is 11.6. The number of hydrogen-bond donors (Lipinski definition) is 0. The van der Waals surface area contributed by atoms with Crippen LogP contribution in [0, 0.1) is 7.14 Å². The van der Waals surface area contributed by atoms with Crippen LogP contribution in [0.25, 0.3) is 0 Å². The second-order valence-electron chi connectivity index (χ2n) is 4.62. The van der Waals surface area contributed by atoms with Gasteiger partial charge in [-0.3, -0.25) is 0 Å². The zero-order chi connectivity index (χ0) is 18.5. The summed E-state index contributed by atoms with van der Waals surface area (Å²) < 4.78 is 63.8. The first-order valence-electron chi connectivity index (χ1n) is 6.63. The van der Waals surface area contributed by atoms with E-state index >= 15 is 0 Å². The molecular formula is C14H16I2O7S2. The first-order valence-corrected chi connectivity index (χ1v) is 15.9. The third-order valence-corrected chi connectivity index (χ3v) is 17.0. The number of benzene rings is 2. The average molecular weight is 614 g/mol. The van der Waals surface area contributed by atoms with Crippen LogP contribution in [0.4, 0.5) is 0 Å². The Hall–Kier alpha value is -0.320. The summed E-state index contributed by atoms with van der Waals surface area (Å²) in [7, 11) is -7.56. The Kier molecular flexibility index (Phi) is 7.60. The molecule has 0 amide bonds. The van der Waals surface area contributed by atoms with Crippen molar-refractivity contribution in [3.63, 3.8) is 0 Å². The number of rotatable bonds is 8. The van der Waals surface area contributed by atoms with E-state index in [1.54, 1.807) is 60.7 Å². The monoisotopic (exact) mass is 614 g/mol. The Bertz CT molecular complexity index is 812. The summed E-state index contributed by atoms with van der Waals surface area (Å²) in [5.74, 6) is 0. The van der Waals surface area contributed by atoms with Gasteiger partial charge in [0.05, 0.1) is 0 Å². The normalized spacial score (nSPS) is 13.4. The molecule has 7 nitrogen and oxygen atoms in total. The molecule has 0 aliphatic heterocycles. The van der Waals surface area contributed by atoms with Crippen molar-refractivity contribution in [2.24, 2.45) is 0 Å². The summed E-state index contributed by atoms with van der Waals surface area (Å²) in [6, 6.07) is 17.2. The van der Waals surface area contributed by atoms with Crippen LogP contribution in [0.5, 0.6) is 0 Å². The molecule has 140 valence electrons. The first-order chi connectivity index (χ1) is 11.6. The Balaban J connectivity index is 2.37. The van der Waals surface area contributed by atoms with Gasteiger partial charge in [-0.15, -0.1) is 0 Å². The summed E-state index contributed by atoms with van der Waals surface area (Å²) in [5, 5.41) is 0. The van der Waals surface area contributed by atoms with E-state index in [2.05, 4.69) is 0 Å². The van der Waals surface area contributed by atoms with E-state index < -0.39 is 61.5 Å². The molecule has 0 heterocycles. The Labute approximate surface area is 163 Å². The van der Waals surface area contributed by atoms with Gasteiger partial charge in [-0.05, 0) is 0 Å². The van der Waals surface area contributed by atoms with E-state index in [9.17, 15) is 16.8 Å². The molecule has 0 aliphatic carbocycles. The molecule has 0 aromatic heterocycles. The summed E-state index contributed by atoms with van der Waals surface area (Å²) in [6.07, 6.45) is 1.87. The van der Waals surface area contributed by atoms with Crippen LogP contribution in [0.3, 0.4) is 0 Å². The summed E-state index contributed by atoms with van der Waals surface area (Å²) >= 11 is -6.30. The SMILES string of the molecule is CS(=O)(=O)OI(OI(OS(C)(=O)=O)c1ccccc1)c1ccccc1. The van der Waals surface area contributed by atoms with Gasteiger partial charge in [0.25, 0.3) is 0 Å². The van der Waals surface area contributed by atoms with Crippen LogP contribution in [0.2, 0.25) is 0 Å². The molecule has 2 aromatic rings. The van der Waals surface area contributed by atoms with Crippen molar-refractivity contribution in [3.05, 3.63) is 67.8 Å². The minimum atomic E-state index is -3.78. The van der Waals surface area contributed by atoms with Crippen LogP contribution in [0.15, 0.2) is 60.7 Å². The molecule has 0 fully saturated rings. The van der Waals surface area contributed by atoms with Crippen molar-refractivity contribution in [3.8, 4) is 0 Å². The second-order valence-corrected chi connectivity index (χ2v) is 17.4. The van der Waals surface area contributed by atoms with E-state index in [-0.39, 0.29) is 0 Å². The van der Waals surface area contributed by atoms with Crippen molar-refractivity contribution in [2.75, 3.05) is 12.5 Å². The fourth-order valence-corrected chi connectivity index (χ4v) is 16.5. The number of hydrogen-bond acceptors (Lipinski definition) is 7. The second kappa shape index (κ2) is 9.05. The van der Waals surface area contributed by atoms with Gasteiger partial charge >= 0.3 is 165 Å². The quantitative estimate of drug-likeness (QED) is 0.421. The minimum absolute atomic E-state index is 0.590. The van der Waals surface area contributed by atoms with E-state index in [0.717, 1.165) is 12.5 Å². The Morgan fingerprint density at radius 3 is 1.24 bits per heavy atom. The van der Waals surface area contributed by atoms with Crippen molar-refractivity contribution >= 4 is 61.5 Å². The van der Waals surface area contributed by atoms with Crippen LogP contribution >= 0.6 is 41.3 Å². The topological polar surface area (TPSA) is 96.0 Å². The van der Waals surface area contributed by atoms with E-state index in [4.69, 9.17) is 6.42 Å². The standard InChI is InChI=1S/C14H16I2O7S2/c1-24(17,18)22-15(13-9-5-3-6-10-13)21-16(23-25(2,19)20)14-11-7-4-8-12-14/h3-12H,1-2H3. The van der Waals surface area contributed by atoms with Crippen LogP contribution in [0.1, 0.15) is 0 Å².